The summed E-state index contributed by atoms with van der Waals surface area (Å²) in [6.07, 6.45) is 6.89. The van der Waals surface area contributed by atoms with E-state index in [1.165, 1.54) is 36.5 Å². The van der Waals surface area contributed by atoms with Crippen LogP contribution in [0.1, 0.15) is 56.8 Å². The Bertz CT molecular complexity index is 650. The average molecular weight is 330 g/mol. The third kappa shape index (κ3) is 6.41. The SMILES string of the molecule is COc1cc(C(=O)C(=O)CC/C=C(\C)CCC=C(C)C)ccc1O. The van der Waals surface area contributed by atoms with E-state index in [1.807, 2.05) is 13.0 Å². The number of hydrogen-bond donors (Lipinski definition) is 1. The minimum Gasteiger partial charge on any atom is -0.504 e. The summed E-state index contributed by atoms with van der Waals surface area (Å²) >= 11 is 0. The number of allylic oxidation sites excluding steroid dienone is 4. The Balaban J connectivity index is 2.56. The monoisotopic (exact) mass is 330 g/mol. The quantitative estimate of drug-likeness (QED) is 0.407. The molecule has 4 heteroatoms. The van der Waals surface area contributed by atoms with Crippen LogP contribution >= 0.6 is 0 Å². The van der Waals surface area contributed by atoms with E-state index in [1.54, 1.807) is 0 Å². The van der Waals surface area contributed by atoms with Crippen molar-refractivity contribution in [3.05, 3.63) is 47.1 Å². The normalized spacial score (nSPS) is 11.1. The summed E-state index contributed by atoms with van der Waals surface area (Å²) in [7, 11) is 1.40. The number of aromatic hydroxyl groups is 1. The van der Waals surface area contributed by atoms with E-state index in [2.05, 4.69) is 19.9 Å². The highest BCUT2D eigenvalue weighted by atomic mass is 16.5. The fourth-order valence-electron chi connectivity index (χ4n) is 2.23. The van der Waals surface area contributed by atoms with Gasteiger partial charge in [-0.05, 0) is 58.2 Å². The zero-order valence-corrected chi connectivity index (χ0v) is 14.9. The Hall–Kier alpha value is -2.36. The third-order valence-electron chi connectivity index (χ3n) is 3.65. The van der Waals surface area contributed by atoms with Crippen molar-refractivity contribution in [2.45, 2.75) is 46.5 Å². The number of carbonyl (C=O) groups is 2. The molecule has 0 atom stereocenters. The van der Waals surface area contributed by atoms with E-state index in [0.29, 0.717) is 6.42 Å². The zero-order chi connectivity index (χ0) is 18.1. The van der Waals surface area contributed by atoms with E-state index in [0.717, 1.165) is 12.8 Å². The Labute approximate surface area is 143 Å². The van der Waals surface area contributed by atoms with Crippen LogP contribution in [0.2, 0.25) is 0 Å². The van der Waals surface area contributed by atoms with Gasteiger partial charge in [-0.25, -0.2) is 0 Å². The number of benzene rings is 1. The van der Waals surface area contributed by atoms with E-state index < -0.39 is 11.6 Å². The summed E-state index contributed by atoms with van der Waals surface area (Å²) < 4.78 is 4.95. The minimum atomic E-state index is -0.552. The van der Waals surface area contributed by atoms with Crippen LogP contribution in [0.3, 0.4) is 0 Å². The number of rotatable bonds is 9. The Kier molecular flexibility index (Phi) is 7.96. The molecule has 130 valence electrons. The van der Waals surface area contributed by atoms with Crippen LogP contribution in [-0.4, -0.2) is 23.8 Å². The highest BCUT2D eigenvalue weighted by Gasteiger charge is 2.17. The maximum Gasteiger partial charge on any atom is 0.228 e. The molecule has 1 N–H and O–H groups in total. The minimum absolute atomic E-state index is 0.0589. The van der Waals surface area contributed by atoms with Crippen molar-refractivity contribution in [3.8, 4) is 11.5 Å². The highest BCUT2D eigenvalue weighted by molar-refractivity contribution is 6.43. The molecule has 0 saturated heterocycles. The summed E-state index contributed by atoms with van der Waals surface area (Å²) in [5.41, 5.74) is 2.76. The number of ketones is 2. The lowest BCUT2D eigenvalue weighted by Gasteiger charge is -2.05. The molecule has 0 spiro atoms. The van der Waals surface area contributed by atoms with Crippen LogP contribution in [0.5, 0.6) is 11.5 Å². The molecule has 0 heterocycles. The van der Waals surface area contributed by atoms with Crippen molar-refractivity contribution in [3.63, 3.8) is 0 Å². The molecule has 0 aromatic heterocycles. The van der Waals surface area contributed by atoms with Gasteiger partial charge in [0.25, 0.3) is 0 Å². The van der Waals surface area contributed by atoms with Gasteiger partial charge in [0.15, 0.2) is 11.5 Å². The summed E-state index contributed by atoms with van der Waals surface area (Å²) in [5, 5.41) is 9.53. The van der Waals surface area contributed by atoms with Gasteiger partial charge >= 0.3 is 0 Å². The summed E-state index contributed by atoms with van der Waals surface area (Å²) in [4.78, 5) is 24.2. The maximum absolute atomic E-state index is 12.1. The average Bonchev–Trinajstić information content (AvgIpc) is 2.54. The van der Waals surface area contributed by atoms with Crippen LogP contribution in [0.15, 0.2) is 41.5 Å². The second-order valence-corrected chi connectivity index (χ2v) is 6.05. The molecular formula is C20H26O4. The Morgan fingerprint density at radius 3 is 2.38 bits per heavy atom. The molecule has 1 aromatic rings. The maximum atomic E-state index is 12.1. The molecule has 0 aliphatic carbocycles. The number of ether oxygens (including phenoxy) is 1. The van der Waals surface area contributed by atoms with Gasteiger partial charge in [-0.3, -0.25) is 9.59 Å². The number of methoxy groups -OCH3 is 1. The lowest BCUT2D eigenvalue weighted by molar-refractivity contribution is -0.115. The molecular weight excluding hydrogens is 304 g/mol. The second kappa shape index (κ2) is 9.71. The second-order valence-electron chi connectivity index (χ2n) is 6.05. The highest BCUT2D eigenvalue weighted by Crippen LogP contribution is 2.26. The van der Waals surface area contributed by atoms with Gasteiger partial charge in [0.2, 0.25) is 11.6 Å². The smallest absolute Gasteiger partial charge is 0.228 e. The predicted octanol–water partition coefficient (Wildman–Crippen LogP) is 4.63. The van der Waals surface area contributed by atoms with Crippen molar-refractivity contribution in [2.75, 3.05) is 7.11 Å². The molecule has 1 rings (SSSR count). The molecule has 0 saturated carbocycles. The standard InChI is InChI=1S/C20H26O4/c1-14(2)7-5-8-15(3)9-6-10-18(22)20(23)16-11-12-17(21)19(13-16)24-4/h7,9,11-13,21H,5-6,8,10H2,1-4H3/b15-9+. The largest absolute Gasteiger partial charge is 0.504 e. The van der Waals surface area contributed by atoms with Crippen molar-refractivity contribution >= 4 is 11.6 Å². The molecule has 24 heavy (non-hydrogen) atoms. The first-order valence-corrected chi connectivity index (χ1v) is 8.08. The van der Waals surface area contributed by atoms with Crippen LogP contribution < -0.4 is 4.74 Å². The van der Waals surface area contributed by atoms with Gasteiger partial charge < -0.3 is 9.84 Å². The number of carbonyl (C=O) groups excluding carboxylic acids is 2. The van der Waals surface area contributed by atoms with Gasteiger partial charge in [-0.15, -0.1) is 0 Å². The van der Waals surface area contributed by atoms with E-state index >= 15 is 0 Å². The fourth-order valence-corrected chi connectivity index (χ4v) is 2.23. The topological polar surface area (TPSA) is 63.6 Å². The Morgan fingerprint density at radius 1 is 1.08 bits per heavy atom. The summed E-state index contributed by atoms with van der Waals surface area (Å²) in [5.74, 6) is -0.861. The lowest BCUT2D eigenvalue weighted by atomic mass is 10.0. The molecule has 0 radical (unpaired) electrons. The molecule has 0 bridgehead atoms. The van der Waals surface area contributed by atoms with Crippen molar-refractivity contribution in [1.82, 2.24) is 0 Å². The van der Waals surface area contributed by atoms with Crippen LogP contribution in [0, 0.1) is 0 Å². The third-order valence-corrected chi connectivity index (χ3v) is 3.65. The number of phenolic OH excluding ortho intramolecular Hbond substituents is 1. The predicted molar refractivity (Wildman–Crippen MR) is 95.7 cm³/mol. The number of Topliss-reactive ketones (excluding diaryl/α,β-unsaturated/α-hetero) is 2. The van der Waals surface area contributed by atoms with Gasteiger partial charge in [-0.2, -0.15) is 0 Å². The van der Waals surface area contributed by atoms with Gasteiger partial charge in [0.05, 0.1) is 7.11 Å². The first-order chi connectivity index (χ1) is 11.3. The van der Waals surface area contributed by atoms with Gasteiger partial charge in [0, 0.05) is 12.0 Å². The van der Waals surface area contributed by atoms with Crippen molar-refractivity contribution in [1.29, 1.82) is 0 Å². The fraction of sp³-hybridized carbons (Fsp3) is 0.400. The van der Waals surface area contributed by atoms with Gasteiger partial charge in [0.1, 0.15) is 0 Å². The molecule has 1 aromatic carbocycles. The van der Waals surface area contributed by atoms with Gasteiger partial charge in [-0.1, -0.05) is 23.3 Å². The van der Waals surface area contributed by atoms with E-state index in [-0.39, 0.29) is 23.5 Å². The molecule has 0 aliphatic rings. The summed E-state index contributed by atoms with van der Waals surface area (Å²) in [6, 6.07) is 4.17. The lowest BCUT2D eigenvalue weighted by Crippen LogP contribution is -2.13. The first-order valence-electron chi connectivity index (χ1n) is 8.08. The molecule has 0 aliphatic heterocycles. The zero-order valence-electron chi connectivity index (χ0n) is 14.9. The van der Waals surface area contributed by atoms with E-state index in [4.69, 9.17) is 4.74 Å². The van der Waals surface area contributed by atoms with E-state index in [9.17, 15) is 14.7 Å². The number of phenols is 1. The molecule has 0 amide bonds. The van der Waals surface area contributed by atoms with Crippen molar-refractivity contribution in [2.24, 2.45) is 0 Å². The van der Waals surface area contributed by atoms with Crippen LogP contribution in [0.4, 0.5) is 0 Å². The first kappa shape index (κ1) is 19.7. The van der Waals surface area contributed by atoms with Crippen LogP contribution in [-0.2, 0) is 4.79 Å². The molecule has 0 fully saturated rings. The molecule has 0 unspecified atom stereocenters. The number of hydrogen-bond acceptors (Lipinski definition) is 4. The summed E-state index contributed by atoms with van der Waals surface area (Å²) in [6.45, 7) is 6.18. The Morgan fingerprint density at radius 2 is 1.75 bits per heavy atom. The van der Waals surface area contributed by atoms with Crippen LogP contribution in [0.25, 0.3) is 0 Å². The van der Waals surface area contributed by atoms with Crippen molar-refractivity contribution < 1.29 is 19.4 Å². The molecule has 4 nitrogen and oxygen atoms in total.